The second-order valence-corrected chi connectivity index (χ2v) is 21.4. The van der Waals surface area contributed by atoms with Gasteiger partial charge in [0.2, 0.25) is 14.2 Å². The van der Waals surface area contributed by atoms with Crippen molar-refractivity contribution in [2.75, 3.05) is 0 Å². The van der Waals surface area contributed by atoms with Crippen LogP contribution in [0.3, 0.4) is 0 Å². The third kappa shape index (κ3) is 5.15. The maximum absolute atomic E-state index is 15.0. The summed E-state index contributed by atoms with van der Waals surface area (Å²) in [5, 5.41) is 0.0424. The van der Waals surface area contributed by atoms with Crippen LogP contribution < -0.4 is 8.85 Å². The summed E-state index contributed by atoms with van der Waals surface area (Å²) in [4.78, 5) is 4.65. The van der Waals surface area contributed by atoms with Crippen molar-refractivity contribution in [3.05, 3.63) is 48.3 Å². The first kappa shape index (κ1) is 26.2. The molecule has 1 aromatic heterocycles. The molecule has 0 atom stereocenters. The summed E-state index contributed by atoms with van der Waals surface area (Å²) in [6.45, 7) is 25.5. The molecule has 0 saturated heterocycles. The molecule has 1 heterocycles. The van der Waals surface area contributed by atoms with E-state index in [1.165, 1.54) is 6.07 Å². The summed E-state index contributed by atoms with van der Waals surface area (Å²) in [7, 11) is -4.18. The average molecular weight is 500 g/mol. The van der Waals surface area contributed by atoms with Gasteiger partial charge in [-0.05, 0) is 60.5 Å². The number of hydrogen-bond donors (Lipinski definition) is 0. The molecule has 34 heavy (non-hydrogen) atoms. The summed E-state index contributed by atoms with van der Waals surface area (Å²) in [5.74, 6) is 0.942. The second kappa shape index (κ2) is 8.68. The lowest BCUT2D eigenvalue weighted by Gasteiger charge is -2.36. The Kier molecular flexibility index (Phi) is 6.69. The number of aromatic nitrogens is 1. The fourth-order valence-corrected chi connectivity index (χ4v) is 4.99. The van der Waals surface area contributed by atoms with E-state index in [4.69, 9.17) is 13.3 Å². The lowest BCUT2D eigenvalue weighted by Crippen LogP contribution is -2.44. The maximum atomic E-state index is 15.0. The Hall–Kier alpha value is -2.39. The lowest BCUT2D eigenvalue weighted by molar-refractivity contribution is 0.457. The van der Waals surface area contributed by atoms with Gasteiger partial charge in [-0.15, -0.1) is 0 Å². The number of halogens is 1. The summed E-state index contributed by atoms with van der Waals surface area (Å²) in [5.41, 5.74) is 2.61. The highest BCUT2D eigenvalue weighted by Crippen LogP contribution is 2.40. The van der Waals surface area contributed by atoms with Gasteiger partial charge in [0.05, 0.1) is 0 Å². The first-order chi connectivity index (χ1) is 15.4. The Morgan fingerprint density at radius 3 is 2.03 bits per heavy atom. The van der Waals surface area contributed by atoms with Gasteiger partial charge in [-0.25, -0.2) is 9.37 Å². The molecule has 0 spiro atoms. The molecule has 184 valence electrons. The van der Waals surface area contributed by atoms with E-state index in [1.807, 2.05) is 12.1 Å². The minimum Gasteiger partial charge on any atom is -0.543 e. The van der Waals surface area contributed by atoms with E-state index in [9.17, 15) is 0 Å². The molecule has 4 nitrogen and oxygen atoms in total. The van der Waals surface area contributed by atoms with Crippen LogP contribution in [0.1, 0.15) is 47.1 Å². The van der Waals surface area contributed by atoms with Crippen LogP contribution in [0.15, 0.2) is 41.3 Å². The number of nitrogens with zero attached hydrogens (tertiary/aromatic N) is 1. The summed E-state index contributed by atoms with van der Waals surface area (Å²) in [6.07, 6.45) is 1.73. The molecule has 0 aliphatic rings. The Morgan fingerprint density at radius 1 is 0.912 bits per heavy atom. The number of fused-ring (bicyclic) bond motifs is 1. The largest absolute Gasteiger partial charge is 0.543 e. The van der Waals surface area contributed by atoms with Crippen molar-refractivity contribution in [2.24, 2.45) is 0 Å². The molecule has 3 aromatic rings. The fourth-order valence-electron chi connectivity index (χ4n) is 2.96. The monoisotopic (exact) mass is 499 g/mol. The van der Waals surface area contributed by atoms with Crippen molar-refractivity contribution >= 4 is 33.8 Å². The molecule has 0 radical (unpaired) electrons. The molecule has 0 bridgehead atoms. The van der Waals surface area contributed by atoms with E-state index in [1.54, 1.807) is 18.2 Å². The molecule has 0 N–H and O–H groups in total. The molecule has 0 unspecified atom stereocenters. The molecule has 0 aliphatic carbocycles. The van der Waals surface area contributed by atoms with E-state index in [2.05, 4.69) is 79.3 Å². The molecule has 0 aliphatic heterocycles. The third-order valence-electron chi connectivity index (χ3n) is 7.24. The van der Waals surface area contributed by atoms with E-state index in [0.29, 0.717) is 22.6 Å². The number of oxazole rings is 1. The number of hydrogen-bond acceptors (Lipinski definition) is 4. The molecule has 7 heteroatoms. The SMILES string of the molecule is C=Cc1cc(O[Si](C)(C)C(C)(C)C)cc2nc(-c3ccc(O[Si](C)(C)C(C)(C)C)c(F)c3)oc12. The normalized spacial score (nSPS) is 13.3. The zero-order valence-corrected chi connectivity index (χ0v) is 24.2. The molecule has 0 saturated carbocycles. The number of rotatable bonds is 6. The predicted octanol–water partition coefficient (Wildman–Crippen LogP) is 9.04. The van der Waals surface area contributed by atoms with Gasteiger partial charge in [0.15, 0.2) is 11.4 Å². The molecular weight excluding hydrogens is 461 g/mol. The zero-order valence-electron chi connectivity index (χ0n) is 22.2. The van der Waals surface area contributed by atoms with Crippen LogP contribution >= 0.6 is 0 Å². The Bertz CT molecular complexity index is 1220. The standard InChI is InChI=1S/C27H38FNO3Si2/c1-12-18-15-20(31-33(8,9)26(2,3)4)17-22-24(18)30-25(29-22)19-13-14-23(21(28)16-19)32-34(10,11)27(5,6)7/h12-17H,1H2,2-11H3. The van der Waals surface area contributed by atoms with Crippen molar-refractivity contribution in [2.45, 2.75) is 77.8 Å². The van der Waals surface area contributed by atoms with E-state index in [-0.39, 0.29) is 15.8 Å². The summed E-state index contributed by atoms with van der Waals surface area (Å²) in [6, 6.07) is 8.70. The van der Waals surface area contributed by atoms with Crippen molar-refractivity contribution in [3.8, 4) is 23.0 Å². The highest BCUT2D eigenvalue weighted by Gasteiger charge is 2.40. The molecule has 0 amide bonds. The van der Waals surface area contributed by atoms with Gasteiger partial charge >= 0.3 is 0 Å². The minimum atomic E-state index is -2.15. The summed E-state index contributed by atoms with van der Waals surface area (Å²) >= 11 is 0. The predicted molar refractivity (Wildman–Crippen MR) is 145 cm³/mol. The summed E-state index contributed by atoms with van der Waals surface area (Å²) < 4.78 is 33.7. The lowest BCUT2D eigenvalue weighted by atomic mass is 10.2. The van der Waals surface area contributed by atoms with Crippen LogP contribution in [0.2, 0.25) is 36.3 Å². The Morgan fingerprint density at radius 2 is 1.50 bits per heavy atom. The number of benzene rings is 2. The van der Waals surface area contributed by atoms with Gasteiger partial charge in [0.25, 0.3) is 8.32 Å². The van der Waals surface area contributed by atoms with Crippen molar-refractivity contribution in [3.63, 3.8) is 0 Å². The topological polar surface area (TPSA) is 44.5 Å². The van der Waals surface area contributed by atoms with Crippen LogP contribution in [0.4, 0.5) is 4.39 Å². The second-order valence-electron chi connectivity index (χ2n) is 12.0. The minimum absolute atomic E-state index is 0.0241. The third-order valence-corrected chi connectivity index (χ3v) is 15.9. The van der Waals surface area contributed by atoms with Crippen molar-refractivity contribution in [1.82, 2.24) is 4.98 Å². The van der Waals surface area contributed by atoms with Crippen LogP contribution in [-0.4, -0.2) is 21.6 Å². The molecule has 0 fully saturated rings. The van der Waals surface area contributed by atoms with Crippen LogP contribution in [0, 0.1) is 5.82 Å². The molecule has 2 aromatic carbocycles. The van der Waals surface area contributed by atoms with E-state index in [0.717, 1.165) is 11.3 Å². The maximum Gasteiger partial charge on any atom is 0.250 e. The van der Waals surface area contributed by atoms with Crippen molar-refractivity contribution in [1.29, 1.82) is 0 Å². The van der Waals surface area contributed by atoms with Crippen LogP contribution in [-0.2, 0) is 0 Å². The van der Waals surface area contributed by atoms with Gasteiger partial charge in [-0.2, -0.15) is 0 Å². The van der Waals surface area contributed by atoms with Gasteiger partial charge in [-0.1, -0.05) is 54.2 Å². The quantitative estimate of drug-likeness (QED) is 0.317. The van der Waals surface area contributed by atoms with Crippen LogP contribution in [0.25, 0.3) is 28.6 Å². The van der Waals surface area contributed by atoms with Gasteiger partial charge in [0, 0.05) is 17.2 Å². The van der Waals surface area contributed by atoms with E-state index < -0.39 is 22.5 Å². The highest BCUT2D eigenvalue weighted by molar-refractivity contribution is 6.75. The van der Waals surface area contributed by atoms with Crippen molar-refractivity contribution < 1.29 is 17.7 Å². The zero-order chi connectivity index (χ0) is 25.7. The first-order valence-electron chi connectivity index (χ1n) is 11.7. The molecular formula is C27H38FNO3Si2. The van der Waals surface area contributed by atoms with Crippen LogP contribution in [0.5, 0.6) is 11.5 Å². The average Bonchev–Trinajstić information content (AvgIpc) is 3.10. The van der Waals surface area contributed by atoms with E-state index >= 15 is 4.39 Å². The Balaban J connectivity index is 1.98. The highest BCUT2D eigenvalue weighted by atomic mass is 28.4. The fraction of sp³-hybridized carbons (Fsp3) is 0.444. The smallest absolute Gasteiger partial charge is 0.250 e. The first-order valence-corrected chi connectivity index (χ1v) is 17.5. The van der Waals surface area contributed by atoms with Gasteiger partial charge in [0.1, 0.15) is 17.0 Å². The molecule has 3 rings (SSSR count). The Labute approximate surface area is 205 Å². The van der Waals surface area contributed by atoms with Gasteiger partial charge in [-0.3, -0.25) is 0 Å². The van der Waals surface area contributed by atoms with Gasteiger partial charge < -0.3 is 13.3 Å².